The molecule has 1 unspecified atom stereocenters. The van der Waals surface area contributed by atoms with Crippen molar-refractivity contribution < 1.29 is 13.6 Å². The molecule has 6 nitrogen and oxygen atoms in total. The number of hydrogen-bond donors (Lipinski definition) is 2. The van der Waals surface area contributed by atoms with Gasteiger partial charge in [-0.3, -0.25) is 0 Å². The third kappa shape index (κ3) is 3.37. The number of nitrogens with zero attached hydrogens (tertiary/aromatic N) is 2. The van der Waals surface area contributed by atoms with Gasteiger partial charge in [0, 0.05) is 11.5 Å². The molecule has 1 rings (SSSR count). The van der Waals surface area contributed by atoms with Crippen molar-refractivity contribution in [1.82, 2.24) is 4.31 Å². The molecular weight excluding hydrogens is 393 g/mol. The summed E-state index contributed by atoms with van der Waals surface area (Å²) in [5.74, 6) is -0.250. The van der Waals surface area contributed by atoms with E-state index in [1.54, 1.807) is 0 Å². The average Bonchev–Trinajstić information content (AvgIpc) is 2.34. The quantitative estimate of drug-likeness (QED) is 0.348. The third-order valence-corrected chi connectivity index (χ3v) is 6.00. The molecule has 0 spiro atoms. The largest absolute Gasteiger partial charge is 0.409 e. The van der Waals surface area contributed by atoms with E-state index in [2.05, 4.69) is 21.1 Å². The van der Waals surface area contributed by atoms with Crippen LogP contribution in [0.5, 0.6) is 0 Å². The van der Waals surface area contributed by atoms with Gasteiger partial charge < -0.3 is 10.9 Å². The summed E-state index contributed by atoms with van der Waals surface area (Å²) < 4.78 is 26.5. The van der Waals surface area contributed by atoms with Gasteiger partial charge in [-0.2, -0.15) is 4.31 Å². The summed E-state index contributed by atoms with van der Waals surface area (Å²) in [6.07, 6.45) is 0. The van der Waals surface area contributed by atoms with Gasteiger partial charge in [0.2, 0.25) is 10.0 Å². The zero-order chi connectivity index (χ0) is 15.7. The molecule has 0 aromatic heterocycles. The van der Waals surface area contributed by atoms with Crippen molar-refractivity contribution in [2.45, 2.75) is 17.9 Å². The molecule has 0 aliphatic rings. The Hall–Kier alpha value is -0.540. The second-order valence-corrected chi connectivity index (χ2v) is 7.59. The van der Waals surface area contributed by atoms with Gasteiger partial charge in [-0.15, -0.1) is 0 Å². The molecule has 0 amide bonds. The highest BCUT2D eigenvalue weighted by molar-refractivity contribution is 9.10. The van der Waals surface area contributed by atoms with E-state index in [0.29, 0.717) is 4.47 Å². The van der Waals surface area contributed by atoms with Gasteiger partial charge in [0.05, 0.1) is 16.1 Å². The molecule has 0 aliphatic carbocycles. The maximum absolute atomic E-state index is 12.5. The molecule has 3 N–H and O–H groups in total. The highest BCUT2D eigenvalue weighted by Gasteiger charge is 2.31. The van der Waals surface area contributed by atoms with Crippen LogP contribution in [0.2, 0.25) is 10.0 Å². The van der Waals surface area contributed by atoms with Gasteiger partial charge in [0.15, 0.2) is 5.84 Å². The molecule has 1 aromatic rings. The summed E-state index contributed by atoms with van der Waals surface area (Å²) in [4.78, 5) is -0.232. The molecule has 0 fully saturated rings. The van der Waals surface area contributed by atoms with Crippen LogP contribution in [0.15, 0.2) is 26.7 Å². The Kier molecular flexibility index (Phi) is 5.68. The van der Waals surface area contributed by atoms with Gasteiger partial charge in [0.1, 0.15) is 4.90 Å². The SMILES string of the molecule is CC(C(N)=NO)N(C)S(=O)(=O)c1c(Cl)cc(Br)cc1Cl. The van der Waals surface area contributed by atoms with Crippen LogP contribution < -0.4 is 5.73 Å². The first-order valence-corrected chi connectivity index (χ1v) is 8.21. The molecule has 20 heavy (non-hydrogen) atoms. The number of halogens is 3. The number of rotatable bonds is 4. The van der Waals surface area contributed by atoms with E-state index in [1.165, 1.54) is 26.1 Å². The molecule has 0 bridgehead atoms. The van der Waals surface area contributed by atoms with Gasteiger partial charge in [-0.05, 0) is 19.1 Å². The van der Waals surface area contributed by atoms with Gasteiger partial charge in [0.25, 0.3) is 0 Å². The molecule has 0 saturated heterocycles. The number of oxime groups is 1. The summed E-state index contributed by atoms with van der Waals surface area (Å²) >= 11 is 15.1. The fourth-order valence-electron chi connectivity index (χ4n) is 1.40. The van der Waals surface area contributed by atoms with Crippen LogP contribution in [0.1, 0.15) is 6.92 Å². The van der Waals surface area contributed by atoms with Crippen molar-refractivity contribution in [1.29, 1.82) is 0 Å². The van der Waals surface area contributed by atoms with Crippen LogP contribution in [-0.4, -0.2) is 36.9 Å². The summed E-state index contributed by atoms with van der Waals surface area (Å²) in [5, 5.41) is 11.4. The van der Waals surface area contributed by atoms with Crippen LogP contribution in [0.25, 0.3) is 0 Å². The Morgan fingerprint density at radius 3 is 2.30 bits per heavy atom. The average molecular weight is 405 g/mol. The van der Waals surface area contributed by atoms with Crippen molar-refractivity contribution in [3.63, 3.8) is 0 Å². The number of nitrogens with two attached hydrogens (primary N) is 1. The summed E-state index contributed by atoms with van der Waals surface area (Å²) in [6.45, 7) is 1.47. The number of amidine groups is 1. The van der Waals surface area contributed by atoms with E-state index in [-0.39, 0.29) is 20.8 Å². The van der Waals surface area contributed by atoms with Crippen molar-refractivity contribution in [2.75, 3.05) is 7.05 Å². The van der Waals surface area contributed by atoms with E-state index in [1.807, 2.05) is 0 Å². The molecule has 1 aromatic carbocycles. The van der Waals surface area contributed by atoms with E-state index >= 15 is 0 Å². The normalized spacial score (nSPS) is 14.6. The van der Waals surface area contributed by atoms with Gasteiger partial charge >= 0.3 is 0 Å². The van der Waals surface area contributed by atoms with Crippen molar-refractivity contribution in [3.05, 3.63) is 26.7 Å². The second-order valence-electron chi connectivity index (χ2n) is 3.92. The fraction of sp³-hybridized carbons (Fsp3) is 0.300. The molecule has 0 saturated carbocycles. The van der Waals surface area contributed by atoms with Gasteiger partial charge in [-0.25, -0.2) is 8.42 Å². The Morgan fingerprint density at radius 2 is 1.90 bits per heavy atom. The lowest BCUT2D eigenvalue weighted by Crippen LogP contribution is -2.43. The van der Waals surface area contributed by atoms with Crippen LogP contribution in [0.4, 0.5) is 0 Å². The monoisotopic (exact) mass is 403 g/mol. The molecular formula is C10H12BrCl2N3O3S. The highest BCUT2D eigenvalue weighted by Crippen LogP contribution is 2.34. The Labute approximate surface area is 135 Å². The Bertz CT molecular complexity index is 628. The first kappa shape index (κ1) is 17.5. The Morgan fingerprint density at radius 1 is 1.45 bits per heavy atom. The van der Waals surface area contributed by atoms with Crippen LogP contribution in [0, 0.1) is 0 Å². The minimum absolute atomic E-state index is 0.0251. The molecule has 0 radical (unpaired) electrons. The molecule has 0 heterocycles. The van der Waals surface area contributed by atoms with E-state index in [0.717, 1.165) is 4.31 Å². The zero-order valence-electron chi connectivity index (χ0n) is 10.5. The standard InChI is InChI=1S/C10H12BrCl2N3O3S/c1-5(10(14)15-17)16(2)20(18,19)9-7(12)3-6(11)4-8(9)13/h3-5,17H,1-2H3,(H2,14,15). The van der Waals surface area contributed by atoms with Crippen molar-refractivity contribution >= 4 is 55.0 Å². The Balaban J connectivity index is 3.38. The number of hydrogen-bond acceptors (Lipinski definition) is 4. The third-order valence-electron chi connectivity index (χ3n) is 2.69. The van der Waals surface area contributed by atoms with E-state index < -0.39 is 16.1 Å². The van der Waals surface area contributed by atoms with Gasteiger partial charge in [-0.1, -0.05) is 44.3 Å². The van der Waals surface area contributed by atoms with E-state index in [9.17, 15) is 8.42 Å². The van der Waals surface area contributed by atoms with Crippen LogP contribution >= 0.6 is 39.1 Å². The minimum Gasteiger partial charge on any atom is -0.409 e. The summed E-state index contributed by atoms with van der Waals surface area (Å²) in [5.41, 5.74) is 5.41. The molecule has 10 heteroatoms. The highest BCUT2D eigenvalue weighted by atomic mass is 79.9. The molecule has 0 aliphatic heterocycles. The number of sulfonamides is 1. The van der Waals surface area contributed by atoms with Crippen LogP contribution in [0.3, 0.4) is 0 Å². The maximum atomic E-state index is 12.5. The molecule has 1 atom stereocenters. The van der Waals surface area contributed by atoms with Crippen molar-refractivity contribution in [3.8, 4) is 0 Å². The smallest absolute Gasteiger partial charge is 0.246 e. The number of likely N-dealkylation sites (N-methyl/N-ethyl adjacent to an activating group) is 1. The topological polar surface area (TPSA) is 96.0 Å². The van der Waals surface area contributed by atoms with Crippen molar-refractivity contribution in [2.24, 2.45) is 10.9 Å². The number of benzene rings is 1. The lowest BCUT2D eigenvalue weighted by molar-refractivity contribution is 0.311. The minimum atomic E-state index is -3.99. The lowest BCUT2D eigenvalue weighted by atomic mass is 10.3. The first-order valence-electron chi connectivity index (χ1n) is 5.23. The maximum Gasteiger partial charge on any atom is 0.246 e. The summed E-state index contributed by atoms with van der Waals surface area (Å²) in [7, 11) is -2.71. The predicted molar refractivity (Wildman–Crippen MR) is 82.0 cm³/mol. The zero-order valence-corrected chi connectivity index (χ0v) is 14.4. The second kappa shape index (κ2) is 6.48. The molecule has 112 valence electrons. The van der Waals surface area contributed by atoms with Crippen LogP contribution in [-0.2, 0) is 10.0 Å². The van der Waals surface area contributed by atoms with E-state index in [4.69, 9.17) is 34.1 Å². The fourth-order valence-corrected chi connectivity index (χ4v) is 4.61. The first-order chi connectivity index (χ1) is 9.12. The summed E-state index contributed by atoms with van der Waals surface area (Å²) in [6, 6.07) is 1.98. The predicted octanol–water partition coefficient (Wildman–Crippen LogP) is 2.51. The lowest BCUT2D eigenvalue weighted by Gasteiger charge is -2.24.